The largest absolute Gasteiger partial charge is 0.388 e. The Morgan fingerprint density at radius 2 is 1.71 bits per heavy atom. The van der Waals surface area contributed by atoms with Crippen LogP contribution in [0.3, 0.4) is 0 Å². The van der Waals surface area contributed by atoms with Crippen LogP contribution >= 0.6 is 0 Å². The second kappa shape index (κ2) is 7.05. The Morgan fingerprint density at radius 1 is 1.08 bits per heavy atom. The van der Waals surface area contributed by atoms with Gasteiger partial charge in [-0.1, -0.05) is 49.4 Å². The fourth-order valence-electron chi connectivity index (χ4n) is 3.35. The highest BCUT2D eigenvalue weighted by Gasteiger charge is 2.27. The number of hydrogen-bond acceptors (Lipinski definition) is 3. The van der Waals surface area contributed by atoms with E-state index in [1.165, 1.54) is 0 Å². The van der Waals surface area contributed by atoms with Crippen molar-refractivity contribution in [1.29, 1.82) is 0 Å². The highest BCUT2D eigenvalue weighted by molar-refractivity contribution is 5.97. The van der Waals surface area contributed by atoms with Crippen molar-refractivity contribution in [1.82, 2.24) is 0 Å². The Labute approximate surface area is 143 Å². The lowest BCUT2D eigenvalue weighted by molar-refractivity contribution is -0.120. The lowest BCUT2D eigenvalue weighted by atomic mass is 10.1. The van der Waals surface area contributed by atoms with Gasteiger partial charge in [0.1, 0.15) is 0 Å². The molecule has 1 amide bonds. The van der Waals surface area contributed by atoms with Gasteiger partial charge in [0.15, 0.2) is 0 Å². The average Bonchev–Trinajstić information content (AvgIpc) is 2.72. The first-order valence-corrected chi connectivity index (χ1v) is 8.40. The van der Waals surface area contributed by atoms with Crippen molar-refractivity contribution in [2.24, 2.45) is 5.92 Å². The highest BCUT2D eigenvalue weighted by atomic mass is 16.3. The molecule has 0 aromatic heterocycles. The van der Waals surface area contributed by atoms with Gasteiger partial charge in [-0.15, -0.1) is 0 Å². The normalized spacial score (nSPS) is 18.7. The number of anilines is 2. The SMILES string of the molecule is CC1CN(C)c2ccccc2N(C(=O)CC(O)c2ccccc2)C1. The smallest absolute Gasteiger partial charge is 0.230 e. The fraction of sp³-hybridized carbons (Fsp3) is 0.350. The molecule has 2 unspecified atom stereocenters. The minimum absolute atomic E-state index is 0.0408. The van der Waals surface area contributed by atoms with Crippen molar-refractivity contribution in [2.45, 2.75) is 19.4 Å². The van der Waals surface area contributed by atoms with Crippen LogP contribution in [0.15, 0.2) is 54.6 Å². The van der Waals surface area contributed by atoms with Gasteiger partial charge in [-0.3, -0.25) is 4.79 Å². The maximum Gasteiger partial charge on any atom is 0.230 e. The zero-order valence-corrected chi connectivity index (χ0v) is 14.2. The van der Waals surface area contributed by atoms with Crippen molar-refractivity contribution in [3.05, 3.63) is 60.2 Å². The molecule has 1 aliphatic heterocycles. The summed E-state index contributed by atoms with van der Waals surface area (Å²) in [6.07, 6.45) is -0.684. The molecule has 1 aliphatic rings. The first-order chi connectivity index (χ1) is 11.6. The van der Waals surface area contributed by atoms with E-state index < -0.39 is 6.10 Å². The van der Waals surface area contributed by atoms with Gasteiger partial charge < -0.3 is 14.9 Å². The van der Waals surface area contributed by atoms with Crippen LogP contribution in [0.2, 0.25) is 0 Å². The second-order valence-electron chi connectivity index (χ2n) is 6.61. The van der Waals surface area contributed by atoms with Crippen molar-refractivity contribution in [3.8, 4) is 0 Å². The van der Waals surface area contributed by atoms with Crippen LogP contribution in [-0.2, 0) is 4.79 Å². The number of benzene rings is 2. The molecule has 0 radical (unpaired) electrons. The standard InChI is InChI=1S/C20H24N2O2/c1-15-13-21(2)17-10-6-7-11-18(17)22(14-15)20(24)12-19(23)16-8-4-3-5-9-16/h3-11,15,19,23H,12-14H2,1-2H3. The molecule has 24 heavy (non-hydrogen) atoms. The first-order valence-electron chi connectivity index (χ1n) is 8.40. The van der Waals surface area contributed by atoms with Crippen LogP contribution < -0.4 is 9.80 Å². The summed E-state index contributed by atoms with van der Waals surface area (Å²) in [6, 6.07) is 17.3. The van der Waals surface area contributed by atoms with Crippen LogP contribution in [0.25, 0.3) is 0 Å². The van der Waals surface area contributed by atoms with Crippen LogP contribution in [0.4, 0.5) is 11.4 Å². The summed E-state index contributed by atoms with van der Waals surface area (Å²) >= 11 is 0. The molecule has 126 valence electrons. The summed E-state index contributed by atoms with van der Waals surface area (Å²) in [7, 11) is 2.06. The Bertz CT molecular complexity index is 702. The molecule has 0 spiro atoms. The van der Waals surface area contributed by atoms with E-state index in [4.69, 9.17) is 0 Å². The predicted molar refractivity (Wildman–Crippen MR) is 97.2 cm³/mol. The lowest BCUT2D eigenvalue weighted by Gasteiger charge is -2.25. The summed E-state index contributed by atoms with van der Waals surface area (Å²) in [5.41, 5.74) is 2.76. The van der Waals surface area contributed by atoms with Gasteiger partial charge in [-0.2, -0.15) is 0 Å². The maximum absolute atomic E-state index is 12.9. The number of hydrogen-bond donors (Lipinski definition) is 1. The zero-order chi connectivity index (χ0) is 17.1. The third-order valence-electron chi connectivity index (χ3n) is 4.52. The van der Waals surface area contributed by atoms with E-state index in [0.717, 1.165) is 23.5 Å². The van der Waals surface area contributed by atoms with Gasteiger partial charge in [-0.25, -0.2) is 0 Å². The van der Waals surface area contributed by atoms with Crippen molar-refractivity contribution in [2.75, 3.05) is 29.9 Å². The first kappa shape index (κ1) is 16.5. The number of aliphatic hydroxyl groups excluding tert-OH is 1. The van der Waals surface area contributed by atoms with E-state index >= 15 is 0 Å². The van der Waals surface area contributed by atoms with Crippen LogP contribution in [0, 0.1) is 5.92 Å². The third-order valence-corrected chi connectivity index (χ3v) is 4.52. The molecule has 0 saturated heterocycles. The summed E-state index contributed by atoms with van der Waals surface area (Å²) in [4.78, 5) is 16.9. The van der Waals surface area contributed by atoms with E-state index in [9.17, 15) is 9.90 Å². The molecule has 3 rings (SSSR count). The molecule has 4 heteroatoms. The third kappa shape index (κ3) is 3.44. The molecule has 2 aromatic rings. The number of amides is 1. The van der Waals surface area contributed by atoms with Gasteiger partial charge in [0.2, 0.25) is 5.91 Å². The fourth-order valence-corrected chi connectivity index (χ4v) is 3.35. The molecular formula is C20H24N2O2. The van der Waals surface area contributed by atoms with Crippen LogP contribution in [-0.4, -0.2) is 31.2 Å². The molecule has 2 atom stereocenters. The van der Waals surface area contributed by atoms with Crippen molar-refractivity contribution < 1.29 is 9.90 Å². The van der Waals surface area contributed by atoms with Gasteiger partial charge in [0.05, 0.1) is 23.9 Å². The molecule has 0 aliphatic carbocycles. The molecule has 4 nitrogen and oxygen atoms in total. The average molecular weight is 324 g/mol. The van der Waals surface area contributed by atoms with Crippen LogP contribution in [0.1, 0.15) is 25.0 Å². The molecule has 0 fully saturated rings. The van der Waals surface area contributed by atoms with E-state index in [1.54, 1.807) is 0 Å². The quantitative estimate of drug-likeness (QED) is 0.943. The molecule has 0 saturated carbocycles. The maximum atomic E-state index is 12.9. The molecule has 2 aromatic carbocycles. The summed E-state index contributed by atoms with van der Waals surface area (Å²) in [5.74, 6) is 0.321. The molecule has 0 bridgehead atoms. The number of carbonyl (C=O) groups excluding carboxylic acids is 1. The number of para-hydroxylation sites is 2. The second-order valence-corrected chi connectivity index (χ2v) is 6.61. The Morgan fingerprint density at radius 3 is 2.42 bits per heavy atom. The zero-order valence-electron chi connectivity index (χ0n) is 14.2. The van der Waals surface area contributed by atoms with Crippen molar-refractivity contribution >= 4 is 17.3 Å². The van der Waals surface area contributed by atoms with Gasteiger partial charge in [0, 0.05) is 20.1 Å². The van der Waals surface area contributed by atoms with Gasteiger partial charge in [0.25, 0.3) is 0 Å². The van der Waals surface area contributed by atoms with Gasteiger partial charge in [-0.05, 0) is 23.6 Å². The van der Waals surface area contributed by atoms with Gasteiger partial charge >= 0.3 is 0 Å². The Hall–Kier alpha value is -2.33. The number of aliphatic hydroxyl groups is 1. The van der Waals surface area contributed by atoms with Crippen molar-refractivity contribution in [3.63, 3.8) is 0 Å². The van der Waals surface area contributed by atoms with E-state index in [1.807, 2.05) is 59.5 Å². The lowest BCUT2D eigenvalue weighted by Crippen LogP contribution is -2.35. The predicted octanol–water partition coefficient (Wildman–Crippen LogP) is 3.23. The van der Waals surface area contributed by atoms with E-state index in [2.05, 4.69) is 18.9 Å². The Balaban J connectivity index is 1.84. The summed E-state index contributed by atoms with van der Waals surface area (Å²) < 4.78 is 0. The molecule has 1 heterocycles. The number of nitrogens with zero attached hydrogens (tertiary/aromatic N) is 2. The topological polar surface area (TPSA) is 43.8 Å². The number of fused-ring (bicyclic) bond motifs is 1. The summed E-state index contributed by atoms with van der Waals surface area (Å²) in [5, 5.41) is 10.4. The molecular weight excluding hydrogens is 300 g/mol. The number of carbonyl (C=O) groups is 1. The van der Waals surface area contributed by atoms with Crippen LogP contribution in [0.5, 0.6) is 0 Å². The summed E-state index contributed by atoms with van der Waals surface area (Å²) in [6.45, 7) is 3.72. The monoisotopic (exact) mass is 324 g/mol. The minimum atomic E-state index is -0.776. The van der Waals surface area contributed by atoms with E-state index in [-0.39, 0.29) is 12.3 Å². The Kier molecular flexibility index (Phi) is 4.86. The molecule has 1 N–H and O–H groups in total. The number of rotatable bonds is 3. The minimum Gasteiger partial charge on any atom is -0.388 e. The van der Waals surface area contributed by atoms with E-state index in [0.29, 0.717) is 12.5 Å². The highest BCUT2D eigenvalue weighted by Crippen LogP contribution is 2.33.